The summed E-state index contributed by atoms with van der Waals surface area (Å²) in [6.45, 7) is 5.21. The zero-order valence-electron chi connectivity index (χ0n) is 15.9. The van der Waals surface area contributed by atoms with E-state index in [-0.39, 0.29) is 41.5 Å². The van der Waals surface area contributed by atoms with Crippen molar-refractivity contribution in [3.8, 4) is 0 Å². The van der Waals surface area contributed by atoms with Crippen molar-refractivity contribution in [2.45, 2.75) is 56.6 Å². The molecular weight excluding hydrogens is 479 g/mol. The largest absolute Gasteiger partial charge is 0.393 e. The Morgan fingerprint density at radius 2 is 1.81 bits per heavy atom. The second-order valence-corrected chi connectivity index (χ2v) is 8.39. The summed E-state index contributed by atoms with van der Waals surface area (Å²) >= 11 is 0. The Morgan fingerprint density at radius 1 is 1.19 bits per heavy atom. The molecule has 1 aliphatic carbocycles. The highest BCUT2D eigenvalue weighted by molar-refractivity contribution is 14.0. The highest BCUT2D eigenvalue weighted by Crippen LogP contribution is 2.18. The zero-order chi connectivity index (χ0) is 19.0. The van der Waals surface area contributed by atoms with E-state index in [1.807, 2.05) is 13.8 Å². The molecule has 0 saturated heterocycles. The Labute approximate surface area is 179 Å². The van der Waals surface area contributed by atoms with E-state index in [9.17, 15) is 13.5 Å². The molecule has 1 aliphatic rings. The maximum atomic E-state index is 12.2. The first-order chi connectivity index (χ1) is 12.4. The number of nitrogens with zero attached hydrogens (tertiary/aromatic N) is 1. The van der Waals surface area contributed by atoms with Crippen molar-refractivity contribution < 1.29 is 13.5 Å². The summed E-state index contributed by atoms with van der Waals surface area (Å²) in [4.78, 5) is 4.70. The van der Waals surface area contributed by atoms with Crippen LogP contribution in [0.25, 0.3) is 0 Å². The molecule has 4 N–H and O–H groups in total. The van der Waals surface area contributed by atoms with Crippen molar-refractivity contribution in [1.29, 1.82) is 0 Å². The van der Waals surface area contributed by atoms with Gasteiger partial charge in [-0.3, -0.25) is 4.99 Å². The van der Waals surface area contributed by atoms with Gasteiger partial charge in [0.1, 0.15) is 0 Å². The highest BCUT2D eigenvalue weighted by Gasteiger charge is 2.20. The number of aliphatic hydroxyl groups is 1. The van der Waals surface area contributed by atoms with Crippen LogP contribution in [0.1, 0.15) is 38.2 Å². The molecule has 1 saturated carbocycles. The first kappa shape index (κ1) is 24.1. The van der Waals surface area contributed by atoms with E-state index >= 15 is 0 Å². The number of guanidine groups is 1. The van der Waals surface area contributed by atoms with Gasteiger partial charge in [-0.1, -0.05) is 17.7 Å². The van der Waals surface area contributed by atoms with Crippen molar-refractivity contribution in [1.82, 2.24) is 15.4 Å². The monoisotopic (exact) mass is 510 g/mol. The van der Waals surface area contributed by atoms with Crippen LogP contribution >= 0.6 is 24.0 Å². The highest BCUT2D eigenvalue weighted by atomic mass is 127. The van der Waals surface area contributed by atoms with Gasteiger partial charge in [0.15, 0.2) is 5.96 Å². The third-order valence-electron chi connectivity index (χ3n) is 4.39. The summed E-state index contributed by atoms with van der Waals surface area (Å²) in [6.07, 6.45) is 3.22. The van der Waals surface area contributed by atoms with Crippen LogP contribution in [-0.4, -0.2) is 51.3 Å². The van der Waals surface area contributed by atoms with E-state index in [1.54, 1.807) is 24.3 Å². The lowest BCUT2D eigenvalue weighted by atomic mass is 9.93. The summed E-state index contributed by atoms with van der Waals surface area (Å²) in [7, 11) is -3.51. The fourth-order valence-electron chi connectivity index (χ4n) is 2.88. The van der Waals surface area contributed by atoms with E-state index in [1.165, 1.54) is 0 Å². The van der Waals surface area contributed by atoms with E-state index in [2.05, 4.69) is 20.3 Å². The van der Waals surface area contributed by atoms with Crippen LogP contribution in [0.4, 0.5) is 0 Å². The second kappa shape index (κ2) is 11.8. The van der Waals surface area contributed by atoms with Gasteiger partial charge in [-0.25, -0.2) is 13.1 Å². The Hall–Kier alpha value is -0.910. The molecule has 9 heteroatoms. The number of halogens is 1. The lowest BCUT2D eigenvalue weighted by Crippen LogP contribution is -2.45. The summed E-state index contributed by atoms with van der Waals surface area (Å²) < 4.78 is 27.1. The minimum Gasteiger partial charge on any atom is -0.393 e. The average molecular weight is 510 g/mol. The third-order valence-corrected chi connectivity index (χ3v) is 5.86. The van der Waals surface area contributed by atoms with Gasteiger partial charge in [-0.05, 0) is 51.7 Å². The molecule has 0 aliphatic heterocycles. The van der Waals surface area contributed by atoms with Gasteiger partial charge < -0.3 is 15.7 Å². The Bertz CT molecular complexity index is 687. The lowest BCUT2D eigenvalue weighted by molar-refractivity contribution is 0.120. The summed E-state index contributed by atoms with van der Waals surface area (Å²) in [6, 6.07) is 7.05. The van der Waals surface area contributed by atoms with Crippen LogP contribution in [0.15, 0.2) is 34.2 Å². The number of nitrogens with one attached hydrogen (secondary N) is 3. The van der Waals surface area contributed by atoms with Gasteiger partial charge in [0.25, 0.3) is 0 Å². The fraction of sp³-hybridized carbons (Fsp3) is 0.611. The van der Waals surface area contributed by atoms with Crippen LogP contribution in [0.2, 0.25) is 0 Å². The number of aliphatic imine (C=N–C) groups is 1. The average Bonchev–Trinajstić information content (AvgIpc) is 2.61. The molecule has 1 fully saturated rings. The number of benzene rings is 1. The van der Waals surface area contributed by atoms with Crippen LogP contribution in [0.3, 0.4) is 0 Å². The maximum absolute atomic E-state index is 12.2. The molecule has 2 rings (SSSR count). The van der Waals surface area contributed by atoms with Crippen LogP contribution < -0.4 is 15.4 Å². The molecule has 1 aromatic carbocycles. The number of hydrogen-bond acceptors (Lipinski definition) is 4. The molecular formula is C18H31IN4O3S. The summed E-state index contributed by atoms with van der Waals surface area (Å²) in [5.41, 5.74) is 1.02. The molecule has 154 valence electrons. The van der Waals surface area contributed by atoms with Crippen molar-refractivity contribution in [3.63, 3.8) is 0 Å². The molecule has 0 heterocycles. The predicted octanol–water partition coefficient (Wildman–Crippen LogP) is 1.75. The van der Waals surface area contributed by atoms with Crippen molar-refractivity contribution in [3.05, 3.63) is 29.8 Å². The molecule has 0 atom stereocenters. The van der Waals surface area contributed by atoms with Gasteiger partial charge in [0, 0.05) is 19.1 Å². The molecule has 0 radical (unpaired) electrons. The zero-order valence-corrected chi connectivity index (χ0v) is 19.1. The SMILES string of the molecule is CCNC(=NCCNS(=O)(=O)c1ccc(C)cc1)NC1CCC(O)CC1.I. The van der Waals surface area contributed by atoms with E-state index in [0.29, 0.717) is 18.5 Å². The van der Waals surface area contributed by atoms with Gasteiger partial charge >= 0.3 is 0 Å². The predicted molar refractivity (Wildman–Crippen MR) is 119 cm³/mol. The van der Waals surface area contributed by atoms with E-state index < -0.39 is 10.0 Å². The molecule has 0 amide bonds. The molecule has 0 spiro atoms. The molecule has 0 aromatic heterocycles. The fourth-order valence-corrected chi connectivity index (χ4v) is 3.90. The van der Waals surface area contributed by atoms with Gasteiger partial charge in [0.05, 0.1) is 17.5 Å². The van der Waals surface area contributed by atoms with E-state index in [4.69, 9.17) is 0 Å². The lowest BCUT2D eigenvalue weighted by Gasteiger charge is -2.27. The Kier molecular flexibility index (Phi) is 10.6. The Balaban J connectivity index is 0.00000364. The molecule has 1 aromatic rings. The van der Waals surface area contributed by atoms with Crippen molar-refractivity contribution >= 4 is 40.0 Å². The third kappa shape index (κ3) is 8.32. The summed E-state index contributed by atoms with van der Waals surface area (Å²) in [5, 5.41) is 16.1. The van der Waals surface area contributed by atoms with Crippen LogP contribution in [-0.2, 0) is 10.0 Å². The summed E-state index contributed by atoms with van der Waals surface area (Å²) in [5.74, 6) is 0.684. The number of aryl methyl sites for hydroxylation is 1. The number of aliphatic hydroxyl groups excluding tert-OH is 1. The van der Waals surface area contributed by atoms with Gasteiger partial charge in [-0.2, -0.15) is 0 Å². The maximum Gasteiger partial charge on any atom is 0.240 e. The minimum atomic E-state index is -3.51. The normalized spacial score (nSPS) is 20.6. The second-order valence-electron chi connectivity index (χ2n) is 6.62. The smallest absolute Gasteiger partial charge is 0.240 e. The first-order valence-corrected chi connectivity index (χ1v) is 10.7. The topological polar surface area (TPSA) is 103 Å². The number of hydrogen-bond donors (Lipinski definition) is 4. The van der Waals surface area contributed by atoms with E-state index in [0.717, 1.165) is 37.8 Å². The molecule has 7 nitrogen and oxygen atoms in total. The van der Waals surface area contributed by atoms with Gasteiger partial charge in [0.2, 0.25) is 10.0 Å². The first-order valence-electron chi connectivity index (χ1n) is 9.20. The van der Waals surface area contributed by atoms with Crippen molar-refractivity contribution in [2.75, 3.05) is 19.6 Å². The molecule has 0 unspecified atom stereocenters. The van der Waals surface area contributed by atoms with Gasteiger partial charge in [-0.15, -0.1) is 24.0 Å². The number of rotatable bonds is 7. The minimum absolute atomic E-state index is 0. The van der Waals surface area contributed by atoms with Crippen LogP contribution in [0, 0.1) is 6.92 Å². The quantitative estimate of drug-likeness (QED) is 0.194. The van der Waals surface area contributed by atoms with Crippen molar-refractivity contribution in [2.24, 2.45) is 4.99 Å². The van der Waals surface area contributed by atoms with Crippen LogP contribution in [0.5, 0.6) is 0 Å². The molecule has 27 heavy (non-hydrogen) atoms. The standard InChI is InChI=1S/C18H30N4O3S.HI/c1-3-19-18(22-15-6-8-16(23)9-7-15)20-12-13-21-26(24,25)17-10-4-14(2)5-11-17;/h4-5,10-11,15-16,21,23H,3,6-9,12-13H2,1-2H3,(H2,19,20,22);1H. The number of sulfonamides is 1. The molecule has 0 bridgehead atoms. The Morgan fingerprint density at radius 3 is 2.41 bits per heavy atom.